The standard InChI is InChI=1S/C32H36ClN5O6.C24H30N4O5.C23H24N6O2.C8H7Cl2NO/c1-19(2)37-18-22(12-13-26(37)39)24-17-34-28(38(29(40)42-31(3,4)5)30(41)43-32(6,7)8)27(35-24)25-15-23(36-44-25)21-11-9-10-20(14-21)16-33;1-10-17-20(28(21(30)32-23(4,5)6)22(31)33-24(7,8)9)25-13-18(26-17)16-11-12-19(29)27(14-16)15(2)3;1-14(2)29-13-17(7-8-21(29)30)19-12-26-23(24)22(27-19)20-10-18(28-31-20)16-6-4-5-15(9-16)11-25-3;9-5-6-2-1-3-7(4-6)8(10)11-12/h9-15,17-19H,16H2,1-8H3;1,11-15H,2-9H3;4-10,12-14,25H,11H2,1-3H3,(H2,24,26);1-4,12H,5H2. The number of carbonyl (C=O) groups excluding carboxylic acids is 4. The number of rotatable bonds is 17. The molecule has 630 valence electrons. The number of nitrogens with two attached hydrogens (primary N) is 1. The molecule has 0 aliphatic rings. The van der Waals surface area contributed by atoms with Crippen molar-refractivity contribution in [1.82, 2.24) is 59.2 Å². The van der Waals surface area contributed by atoms with E-state index < -0.39 is 46.8 Å². The molecule has 0 unspecified atom stereocenters. The van der Waals surface area contributed by atoms with Crippen LogP contribution in [0.25, 0.3) is 79.2 Å². The van der Waals surface area contributed by atoms with Crippen LogP contribution in [0.2, 0.25) is 0 Å². The third-order valence-electron chi connectivity index (χ3n) is 16.4. The van der Waals surface area contributed by atoms with E-state index in [1.165, 1.54) is 30.6 Å². The number of terminal acetylenes is 1. The Morgan fingerprint density at radius 3 is 1.27 bits per heavy atom. The molecule has 0 fully saturated rings. The first kappa shape index (κ1) is 92.8. The van der Waals surface area contributed by atoms with Crippen molar-refractivity contribution in [1.29, 1.82) is 0 Å². The lowest BCUT2D eigenvalue weighted by Gasteiger charge is -2.28. The van der Waals surface area contributed by atoms with Gasteiger partial charge in [0.25, 0.3) is 16.7 Å². The van der Waals surface area contributed by atoms with E-state index in [1.807, 2.05) is 97.1 Å². The fourth-order valence-electron chi connectivity index (χ4n) is 11.0. The van der Waals surface area contributed by atoms with Crippen molar-refractivity contribution in [3.05, 3.63) is 218 Å². The minimum absolute atomic E-state index is 0.0220. The van der Waals surface area contributed by atoms with Crippen molar-refractivity contribution in [3.8, 4) is 91.5 Å². The molecular formula is C87H97Cl3N16O14. The van der Waals surface area contributed by atoms with Gasteiger partial charge in [-0.05, 0) is 191 Å². The average molecular weight is 1700 g/mol. The van der Waals surface area contributed by atoms with Gasteiger partial charge in [-0.3, -0.25) is 14.4 Å². The number of amides is 4. The molecular weight excluding hydrogens is 1600 g/mol. The second kappa shape index (κ2) is 40.2. The molecule has 8 heterocycles. The van der Waals surface area contributed by atoms with Crippen molar-refractivity contribution in [2.45, 2.75) is 183 Å². The van der Waals surface area contributed by atoms with Crippen LogP contribution in [0.15, 0.2) is 187 Å². The highest BCUT2D eigenvalue weighted by molar-refractivity contribution is 6.69. The van der Waals surface area contributed by atoms with Gasteiger partial charge in [0.15, 0.2) is 51.2 Å². The van der Waals surface area contributed by atoms with Gasteiger partial charge in [-0.25, -0.2) is 49.1 Å². The summed E-state index contributed by atoms with van der Waals surface area (Å²) in [5.74, 6) is 3.52. The molecule has 0 spiro atoms. The topological polar surface area (TPSA) is 378 Å². The molecule has 0 saturated carbocycles. The lowest BCUT2D eigenvalue weighted by molar-refractivity contribution is 0.0406. The van der Waals surface area contributed by atoms with Crippen LogP contribution in [0, 0.1) is 12.3 Å². The highest BCUT2D eigenvalue weighted by Gasteiger charge is 2.39. The summed E-state index contributed by atoms with van der Waals surface area (Å²) < 4.78 is 37.9. The van der Waals surface area contributed by atoms with Gasteiger partial charge in [0.2, 0.25) is 0 Å². The van der Waals surface area contributed by atoms with E-state index >= 15 is 0 Å². The number of pyridine rings is 3. The maximum absolute atomic E-state index is 13.5. The number of halogens is 3. The van der Waals surface area contributed by atoms with Crippen LogP contribution < -0.4 is 37.5 Å². The monoisotopic (exact) mass is 1690 g/mol. The van der Waals surface area contributed by atoms with Gasteiger partial charge in [-0.2, -0.15) is 9.80 Å². The Morgan fingerprint density at radius 1 is 0.508 bits per heavy atom. The number of alkyl halides is 2. The molecule has 8 aromatic heterocycles. The minimum Gasteiger partial charge on any atom is -0.443 e. The number of nitrogens with one attached hydrogen (secondary N) is 1. The van der Waals surface area contributed by atoms with Crippen molar-refractivity contribution in [2.75, 3.05) is 22.6 Å². The van der Waals surface area contributed by atoms with Gasteiger partial charge in [0, 0.05) is 119 Å². The fourth-order valence-corrected chi connectivity index (χ4v) is 11.4. The van der Waals surface area contributed by atoms with Crippen LogP contribution in [0.5, 0.6) is 0 Å². The maximum atomic E-state index is 13.5. The van der Waals surface area contributed by atoms with E-state index in [-0.39, 0.29) is 74.6 Å². The zero-order chi connectivity index (χ0) is 88.5. The third kappa shape index (κ3) is 25.4. The van der Waals surface area contributed by atoms with E-state index in [0.29, 0.717) is 78.2 Å². The summed E-state index contributed by atoms with van der Waals surface area (Å²) in [5, 5.41) is 22.9. The molecule has 0 atom stereocenters. The van der Waals surface area contributed by atoms with Crippen LogP contribution in [-0.4, -0.2) is 118 Å². The van der Waals surface area contributed by atoms with Crippen LogP contribution in [0.4, 0.5) is 36.6 Å². The first-order chi connectivity index (χ1) is 56.4. The Balaban J connectivity index is 0.000000212. The van der Waals surface area contributed by atoms with E-state index in [9.17, 15) is 33.6 Å². The summed E-state index contributed by atoms with van der Waals surface area (Å²) in [7, 11) is 1.91. The summed E-state index contributed by atoms with van der Waals surface area (Å²) >= 11 is 17.2. The first-order valence-corrected chi connectivity index (χ1v) is 39.3. The van der Waals surface area contributed by atoms with Gasteiger partial charge in [0.05, 0.1) is 35.7 Å². The van der Waals surface area contributed by atoms with Crippen LogP contribution in [0.1, 0.15) is 171 Å². The molecule has 0 aliphatic heterocycles. The Hall–Kier alpha value is -12.7. The fraction of sp³-hybridized carbons (Fsp3) is 0.333. The predicted molar refractivity (Wildman–Crippen MR) is 463 cm³/mol. The molecule has 11 rings (SSSR count). The highest BCUT2D eigenvalue weighted by Crippen LogP contribution is 2.37. The number of nitrogen functional groups attached to an aromatic ring is 1. The van der Waals surface area contributed by atoms with E-state index in [2.05, 4.69) is 57.7 Å². The van der Waals surface area contributed by atoms with Crippen molar-refractivity contribution in [3.63, 3.8) is 0 Å². The summed E-state index contributed by atoms with van der Waals surface area (Å²) in [5.41, 5.74) is 12.1. The van der Waals surface area contributed by atoms with Crippen molar-refractivity contribution >= 4 is 81.8 Å². The zero-order valence-electron chi connectivity index (χ0n) is 70.2. The lowest BCUT2D eigenvalue weighted by Crippen LogP contribution is -2.44. The second-order valence-electron chi connectivity index (χ2n) is 31.8. The largest absolute Gasteiger partial charge is 0.443 e. The van der Waals surface area contributed by atoms with Crippen LogP contribution >= 0.6 is 34.8 Å². The molecule has 0 aliphatic carbocycles. The van der Waals surface area contributed by atoms with Crippen LogP contribution in [-0.2, 0) is 37.3 Å². The number of imide groups is 2. The van der Waals surface area contributed by atoms with Crippen LogP contribution in [0.3, 0.4) is 0 Å². The Labute approximate surface area is 709 Å². The smallest absolute Gasteiger partial charge is 0.425 e. The minimum atomic E-state index is -1.02. The normalized spacial score (nSPS) is 11.6. The van der Waals surface area contributed by atoms with E-state index in [1.54, 1.807) is 170 Å². The van der Waals surface area contributed by atoms with Crippen molar-refractivity contribution in [2.24, 2.45) is 5.16 Å². The Kier molecular flexibility index (Phi) is 31.1. The summed E-state index contributed by atoms with van der Waals surface area (Å²) in [4.78, 5) is 118. The number of hydrogen-bond acceptors (Lipinski definition) is 25. The molecule has 3 aromatic carbocycles. The first-order valence-electron chi connectivity index (χ1n) is 37.8. The van der Waals surface area contributed by atoms with Gasteiger partial charge < -0.3 is 58.0 Å². The number of ether oxygens (including phenoxy) is 4. The summed E-state index contributed by atoms with van der Waals surface area (Å²) in [6, 6.07) is 35.4. The number of oxime groups is 1. The Morgan fingerprint density at radius 2 is 0.875 bits per heavy atom. The number of anilines is 3. The average Bonchev–Trinajstić information content (AvgIpc) is 1.51. The number of aromatic nitrogens is 11. The molecule has 4 amide bonds. The van der Waals surface area contributed by atoms with Crippen molar-refractivity contribution < 1.29 is 52.4 Å². The summed E-state index contributed by atoms with van der Waals surface area (Å²) in [6.45, 7) is 32.3. The number of nitrogens with zero attached hydrogens (tertiary/aromatic N) is 14. The molecule has 0 saturated heterocycles. The van der Waals surface area contributed by atoms with E-state index in [0.717, 1.165) is 39.9 Å². The molecule has 4 N–H and O–H groups in total. The molecule has 0 bridgehead atoms. The van der Waals surface area contributed by atoms with E-state index in [4.69, 9.17) is 85.1 Å². The quantitative estimate of drug-likeness (QED) is 0.0190. The molecule has 0 radical (unpaired) electrons. The lowest BCUT2D eigenvalue weighted by atomic mass is 10.1. The highest BCUT2D eigenvalue weighted by atomic mass is 35.5. The molecule has 120 heavy (non-hydrogen) atoms. The maximum Gasteiger partial charge on any atom is 0.425 e. The zero-order valence-corrected chi connectivity index (χ0v) is 72.4. The van der Waals surface area contributed by atoms with Gasteiger partial charge >= 0.3 is 24.4 Å². The van der Waals surface area contributed by atoms with Gasteiger partial charge in [-0.1, -0.05) is 81.7 Å². The van der Waals surface area contributed by atoms with Gasteiger partial charge in [-0.15, -0.1) is 29.6 Å². The predicted octanol–water partition coefficient (Wildman–Crippen LogP) is 18.5. The molecule has 11 aromatic rings. The second-order valence-corrected chi connectivity index (χ2v) is 32.7. The number of benzene rings is 3. The molecule has 30 nitrogen and oxygen atoms in total. The van der Waals surface area contributed by atoms with Gasteiger partial charge in [0.1, 0.15) is 33.8 Å². The molecule has 33 heteroatoms. The Bertz CT molecular complexity index is 5700. The third-order valence-corrected chi connectivity index (χ3v) is 17.3. The number of carbonyl (C=O) groups is 4. The SMILES string of the molecule is C#Cc1nc(-c2ccc(=O)n(C(C)C)c2)cnc1N(C(=O)OC(C)(C)C)C(=O)OC(C)(C)C.CC(C)n1cc(-c2cnc(N(C(=O)OC(C)(C)C)C(=O)OC(C)(C)C)c(-c3cc(-c4cccc(CCl)c4)no3)n2)ccc1=O.CNCc1cccc(-c2cc(-c3nc(-c4ccc(=O)n(C(C)C)c4)cnc3N)on2)c1.ON=C(Cl)c1cccc(CCl)c1. The number of hydrogen-bond donors (Lipinski definition) is 3. The summed E-state index contributed by atoms with van der Waals surface area (Å²) in [6.07, 6.45) is 11.1.